The molecule has 0 unspecified atom stereocenters. The lowest BCUT2D eigenvalue weighted by Gasteiger charge is -2.22. The molecular weight excluding hydrogens is 436 g/mol. The van der Waals surface area contributed by atoms with Crippen molar-refractivity contribution < 1.29 is 0 Å². The minimum Gasteiger partial charge on any atom is -0.399 e. The molecule has 178 valence electrons. The van der Waals surface area contributed by atoms with Crippen molar-refractivity contribution in [1.82, 2.24) is 0 Å². The van der Waals surface area contributed by atoms with Crippen molar-refractivity contribution in [2.24, 2.45) is 0 Å². The molecule has 2 nitrogen and oxygen atoms in total. The van der Waals surface area contributed by atoms with E-state index in [-0.39, 0.29) is 0 Å². The average Bonchev–Trinajstić information content (AvgIpc) is 2.93. The Morgan fingerprint density at radius 2 is 1.06 bits per heavy atom. The van der Waals surface area contributed by atoms with Gasteiger partial charge in [-0.05, 0) is 70.0 Å². The minimum absolute atomic E-state index is 0.752. The number of nitrogens with two attached hydrogens (primary N) is 2. The van der Waals surface area contributed by atoms with Crippen LogP contribution in [0.2, 0.25) is 0 Å². The predicted molar refractivity (Wildman–Crippen MR) is 156 cm³/mol. The molecular formula is C34H32N2. The standard InChI is InChI=1S/C34H32N2/c1-2-3-10-24-15-17-26(18-16-24)31-23-30(25-19-21-29(35)22-20-25)32(27-11-6-4-7-12-27)33(34(31)36)28-13-8-5-9-14-28/h4-9,11-23H,2-3,10,35-36H2,1H3. The summed E-state index contributed by atoms with van der Waals surface area (Å²) in [5.41, 5.74) is 24.9. The van der Waals surface area contributed by atoms with Crippen LogP contribution in [-0.4, -0.2) is 0 Å². The summed E-state index contributed by atoms with van der Waals surface area (Å²) in [5.74, 6) is 0. The molecule has 5 aromatic rings. The van der Waals surface area contributed by atoms with Crippen LogP contribution in [0.4, 0.5) is 11.4 Å². The van der Waals surface area contributed by atoms with Crippen molar-refractivity contribution in [2.75, 3.05) is 11.5 Å². The molecule has 2 heteroatoms. The third-order valence-corrected chi connectivity index (χ3v) is 6.80. The summed E-state index contributed by atoms with van der Waals surface area (Å²) in [6.07, 6.45) is 3.50. The number of nitrogen functional groups attached to an aromatic ring is 2. The molecule has 0 amide bonds. The van der Waals surface area contributed by atoms with Crippen molar-refractivity contribution in [1.29, 1.82) is 0 Å². The van der Waals surface area contributed by atoms with Crippen molar-refractivity contribution in [3.8, 4) is 44.5 Å². The molecule has 0 spiro atoms. The normalized spacial score (nSPS) is 10.9. The van der Waals surface area contributed by atoms with E-state index in [9.17, 15) is 0 Å². The Bertz CT molecular complexity index is 1440. The summed E-state index contributed by atoms with van der Waals surface area (Å²) in [6, 6.07) is 40.2. The van der Waals surface area contributed by atoms with Gasteiger partial charge in [0.2, 0.25) is 0 Å². The molecule has 0 aliphatic rings. The van der Waals surface area contributed by atoms with E-state index in [0.29, 0.717) is 0 Å². The zero-order valence-electron chi connectivity index (χ0n) is 20.7. The number of rotatable bonds is 7. The van der Waals surface area contributed by atoms with Gasteiger partial charge in [-0.15, -0.1) is 0 Å². The molecule has 0 atom stereocenters. The Labute approximate surface area is 214 Å². The van der Waals surface area contributed by atoms with E-state index >= 15 is 0 Å². The van der Waals surface area contributed by atoms with Gasteiger partial charge in [-0.3, -0.25) is 0 Å². The molecule has 0 bridgehead atoms. The first kappa shape index (κ1) is 23.4. The minimum atomic E-state index is 0.752. The fourth-order valence-electron chi connectivity index (χ4n) is 4.87. The lowest BCUT2D eigenvalue weighted by Crippen LogP contribution is -2.00. The highest BCUT2D eigenvalue weighted by molar-refractivity contribution is 6.05. The van der Waals surface area contributed by atoms with Crippen molar-refractivity contribution in [2.45, 2.75) is 26.2 Å². The SMILES string of the molecule is CCCCc1ccc(-c2cc(-c3ccc(N)cc3)c(-c3ccccc3)c(-c3ccccc3)c2N)cc1. The van der Waals surface area contributed by atoms with Gasteiger partial charge in [-0.1, -0.05) is 110 Å². The Morgan fingerprint density at radius 1 is 0.528 bits per heavy atom. The van der Waals surface area contributed by atoms with Crippen LogP contribution < -0.4 is 11.5 Å². The average molecular weight is 469 g/mol. The van der Waals surface area contributed by atoms with Crippen LogP contribution in [0.5, 0.6) is 0 Å². The van der Waals surface area contributed by atoms with E-state index in [1.54, 1.807) is 0 Å². The first-order valence-corrected chi connectivity index (χ1v) is 12.7. The topological polar surface area (TPSA) is 52.0 Å². The highest BCUT2D eigenvalue weighted by Crippen LogP contribution is 2.47. The highest BCUT2D eigenvalue weighted by atomic mass is 14.6. The van der Waals surface area contributed by atoms with Crippen LogP contribution in [0.1, 0.15) is 25.3 Å². The highest BCUT2D eigenvalue weighted by Gasteiger charge is 2.21. The summed E-state index contributed by atoms with van der Waals surface area (Å²) in [4.78, 5) is 0. The van der Waals surface area contributed by atoms with Crippen LogP contribution in [0, 0.1) is 0 Å². The Hall–Kier alpha value is -4.30. The molecule has 0 fully saturated rings. The van der Waals surface area contributed by atoms with E-state index in [1.165, 1.54) is 18.4 Å². The van der Waals surface area contributed by atoms with Gasteiger partial charge >= 0.3 is 0 Å². The molecule has 5 aromatic carbocycles. The van der Waals surface area contributed by atoms with Crippen LogP contribution in [0.25, 0.3) is 44.5 Å². The van der Waals surface area contributed by atoms with E-state index in [0.717, 1.165) is 62.3 Å². The van der Waals surface area contributed by atoms with Crippen molar-refractivity contribution in [3.63, 3.8) is 0 Å². The van der Waals surface area contributed by atoms with Gasteiger partial charge in [0.05, 0.1) is 0 Å². The predicted octanol–water partition coefficient (Wildman–Crippen LogP) is 8.86. The Kier molecular flexibility index (Phi) is 6.86. The largest absolute Gasteiger partial charge is 0.399 e. The van der Waals surface area contributed by atoms with Crippen LogP contribution in [-0.2, 0) is 6.42 Å². The molecule has 0 aliphatic carbocycles. The monoisotopic (exact) mass is 468 g/mol. The second-order valence-corrected chi connectivity index (χ2v) is 9.29. The van der Waals surface area contributed by atoms with Gasteiger partial charge in [0.1, 0.15) is 0 Å². The lowest BCUT2D eigenvalue weighted by atomic mass is 9.83. The maximum Gasteiger partial charge on any atom is 0.0480 e. The van der Waals surface area contributed by atoms with Gasteiger partial charge < -0.3 is 11.5 Å². The molecule has 4 N–H and O–H groups in total. The first-order valence-electron chi connectivity index (χ1n) is 12.7. The summed E-state index contributed by atoms with van der Waals surface area (Å²) < 4.78 is 0. The van der Waals surface area contributed by atoms with Gasteiger partial charge in [0, 0.05) is 22.5 Å². The Balaban J connectivity index is 1.81. The molecule has 0 heterocycles. The number of unbranched alkanes of at least 4 members (excludes halogenated alkanes) is 1. The molecule has 0 radical (unpaired) electrons. The fraction of sp³-hybridized carbons (Fsp3) is 0.118. The van der Waals surface area contributed by atoms with Crippen LogP contribution >= 0.6 is 0 Å². The molecule has 0 aliphatic heterocycles. The Morgan fingerprint density at radius 3 is 1.64 bits per heavy atom. The molecule has 0 saturated carbocycles. The molecule has 5 rings (SSSR count). The summed E-state index contributed by atoms with van der Waals surface area (Å²) >= 11 is 0. The lowest BCUT2D eigenvalue weighted by molar-refractivity contribution is 0.795. The second-order valence-electron chi connectivity index (χ2n) is 9.29. The molecule has 0 aromatic heterocycles. The zero-order valence-corrected chi connectivity index (χ0v) is 20.7. The number of anilines is 2. The number of hydrogen-bond acceptors (Lipinski definition) is 2. The number of hydrogen-bond donors (Lipinski definition) is 2. The van der Waals surface area contributed by atoms with E-state index in [2.05, 4.69) is 97.9 Å². The van der Waals surface area contributed by atoms with Gasteiger partial charge in [0.15, 0.2) is 0 Å². The van der Waals surface area contributed by atoms with Crippen LogP contribution in [0.15, 0.2) is 115 Å². The van der Waals surface area contributed by atoms with Crippen molar-refractivity contribution in [3.05, 3.63) is 121 Å². The third-order valence-electron chi connectivity index (χ3n) is 6.80. The van der Waals surface area contributed by atoms with Gasteiger partial charge in [0.25, 0.3) is 0 Å². The molecule has 0 saturated heterocycles. The second kappa shape index (κ2) is 10.5. The maximum atomic E-state index is 7.05. The summed E-state index contributed by atoms with van der Waals surface area (Å²) in [6.45, 7) is 2.23. The first-order chi connectivity index (χ1) is 17.7. The van der Waals surface area contributed by atoms with E-state index in [1.807, 2.05) is 24.3 Å². The van der Waals surface area contributed by atoms with Gasteiger partial charge in [-0.2, -0.15) is 0 Å². The number of aryl methyl sites for hydroxylation is 1. The van der Waals surface area contributed by atoms with Crippen LogP contribution in [0.3, 0.4) is 0 Å². The van der Waals surface area contributed by atoms with E-state index < -0.39 is 0 Å². The summed E-state index contributed by atoms with van der Waals surface area (Å²) in [5, 5.41) is 0. The number of benzene rings is 5. The molecule has 36 heavy (non-hydrogen) atoms. The van der Waals surface area contributed by atoms with Crippen molar-refractivity contribution >= 4 is 11.4 Å². The fourth-order valence-corrected chi connectivity index (χ4v) is 4.87. The van der Waals surface area contributed by atoms with Gasteiger partial charge in [-0.25, -0.2) is 0 Å². The maximum absolute atomic E-state index is 7.05. The summed E-state index contributed by atoms with van der Waals surface area (Å²) in [7, 11) is 0. The quantitative estimate of drug-likeness (QED) is 0.234. The smallest absolute Gasteiger partial charge is 0.0480 e. The zero-order chi connectivity index (χ0) is 24.9. The third kappa shape index (κ3) is 4.76. The van der Waals surface area contributed by atoms with E-state index in [4.69, 9.17) is 11.5 Å².